The van der Waals surface area contributed by atoms with E-state index in [0.29, 0.717) is 12.3 Å². The van der Waals surface area contributed by atoms with E-state index >= 15 is 0 Å². The van der Waals surface area contributed by atoms with Crippen LogP contribution in [-0.4, -0.2) is 18.2 Å². The first kappa shape index (κ1) is 20.8. The Morgan fingerprint density at radius 1 is 1.23 bits per heavy atom. The van der Waals surface area contributed by atoms with Gasteiger partial charge in [-0.2, -0.15) is 0 Å². The van der Waals surface area contributed by atoms with Crippen LogP contribution in [0.1, 0.15) is 23.6 Å². The highest BCUT2D eigenvalue weighted by Crippen LogP contribution is 2.40. The molecule has 0 saturated carbocycles. The molecule has 0 fully saturated rings. The van der Waals surface area contributed by atoms with Gasteiger partial charge in [-0.25, -0.2) is 0 Å². The summed E-state index contributed by atoms with van der Waals surface area (Å²) in [6, 6.07) is 10.6. The summed E-state index contributed by atoms with van der Waals surface area (Å²) in [5.41, 5.74) is 6.31. The number of hydrogen-bond acceptors (Lipinski definition) is 5. The van der Waals surface area contributed by atoms with Crippen molar-refractivity contribution in [2.75, 3.05) is 22.3 Å². The van der Waals surface area contributed by atoms with Crippen LogP contribution in [0.15, 0.2) is 64.3 Å². The number of aryl methyl sites for hydroxylation is 1. The van der Waals surface area contributed by atoms with E-state index in [2.05, 4.69) is 64.9 Å². The minimum Gasteiger partial charge on any atom is -0.505 e. The van der Waals surface area contributed by atoms with Crippen LogP contribution in [0, 0.1) is 18.6 Å². The van der Waals surface area contributed by atoms with E-state index in [1.54, 1.807) is 11.9 Å². The number of rotatable bonds is 6. The Hall–Kier alpha value is -2.44. The highest BCUT2D eigenvalue weighted by Gasteiger charge is 2.21. The second-order valence-corrected chi connectivity index (χ2v) is 9.85. The lowest BCUT2D eigenvalue weighted by Crippen LogP contribution is -2.21. The Bertz CT molecular complexity index is 1060. The molecule has 2 aromatic rings. The van der Waals surface area contributed by atoms with Gasteiger partial charge in [-0.1, -0.05) is 29.8 Å². The molecule has 0 aliphatic carbocycles. The van der Waals surface area contributed by atoms with Crippen molar-refractivity contribution in [2.45, 2.75) is 27.2 Å². The van der Waals surface area contributed by atoms with E-state index in [-0.39, 0.29) is 0 Å². The van der Waals surface area contributed by atoms with Gasteiger partial charge in [-0.05, 0) is 96.1 Å². The molecule has 0 bridgehead atoms. The zero-order valence-electron chi connectivity index (χ0n) is 17.6. The quantitative estimate of drug-likeness (QED) is 0.508. The third-order valence-corrected chi connectivity index (χ3v) is 7.81. The Balaban J connectivity index is 1.75. The maximum absolute atomic E-state index is 11.1. The van der Waals surface area contributed by atoms with E-state index in [0.717, 1.165) is 40.5 Å². The number of nitrogens with one attached hydrogen (secondary N) is 1. The average molecular weight is 438 g/mol. The van der Waals surface area contributed by atoms with Gasteiger partial charge in [0.25, 0.3) is 0 Å². The van der Waals surface area contributed by atoms with Crippen molar-refractivity contribution in [3.05, 3.63) is 81.0 Å². The Labute approximate surface area is 185 Å². The Morgan fingerprint density at radius 3 is 2.60 bits per heavy atom. The first-order valence-electron chi connectivity index (χ1n) is 10.1. The highest BCUT2D eigenvalue weighted by atomic mass is 32.2. The fourth-order valence-electron chi connectivity index (χ4n) is 3.98. The van der Waals surface area contributed by atoms with Gasteiger partial charge < -0.3 is 14.3 Å². The van der Waals surface area contributed by atoms with Gasteiger partial charge in [0.15, 0.2) is 0 Å². The lowest BCUT2D eigenvalue weighted by atomic mass is 9.97. The monoisotopic (exact) mass is 437 g/mol. The van der Waals surface area contributed by atoms with E-state index in [4.69, 9.17) is 4.78 Å². The first-order chi connectivity index (χ1) is 14.5. The van der Waals surface area contributed by atoms with Crippen molar-refractivity contribution < 1.29 is 5.11 Å². The molecule has 1 unspecified atom stereocenters. The smallest absolute Gasteiger partial charge is 0.142 e. The molecule has 4 nitrogen and oxygen atoms in total. The number of allylic oxidation sites excluding steroid dienone is 2. The van der Waals surface area contributed by atoms with Crippen LogP contribution < -0.4 is 9.21 Å². The number of aromatic hydroxyl groups is 1. The fourth-order valence-corrected chi connectivity index (χ4v) is 5.62. The molecule has 0 saturated heterocycles. The number of phenols is 1. The number of anilines is 3. The van der Waals surface area contributed by atoms with Crippen LogP contribution in [0.25, 0.3) is 0 Å². The maximum atomic E-state index is 11.1. The van der Waals surface area contributed by atoms with Crippen molar-refractivity contribution in [3.63, 3.8) is 0 Å². The van der Waals surface area contributed by atoms with Crippen LogP contribution >= 0.6 is 11.9 Å². The minimum absolute atomic E-state index is 0.331. The fraction of sp³-hybridized carbons (Fsp3) is 0.250. The predicted octanol–water partition coefficient (Wildman–Crippen LogP) is 6.48. The van der Waals surface area contributed by atoms with Crippen molar-refractivity contribution in [1.82, 2.24) is 0 Å². The average Bonchev–Trinajstić information content (AvgIpc) is 3.42. The molecule has 156 valence electrons. The summed E-state index contributed by atoms with van der Waals surface area (Å²) in [6.45, 7) is 7.72. The molecule has 6 heteroatoms. The van der Waals surface area contributed by atoms with E-state index in [1.807, 2.05) is 24.5 Å². The van der Waals surface area contributed by atoms with E-state index in [9.17, 15) is 5.11 Å². The van der Waals surface area contributed by atoms with E-state index < -0.39 is 10.7 Å². The lowest BCUT2D eigenvalue weighted by molar-refractivity contribution is 0.470. The molecule has 2 heterocycles. The molecule has 0 spiro atoms. The molecule has 0 radical (unpaired) electrons. The number of benzene rings is 2. The Morgan fingerprint density at radius 2 is 2.00 bits per heavy atom. The summed E-state index contributed by atoms with van der Waals surface area (Å²) in [6.07, 6.45) is 7.04. The third-order valence-electron chi connectivity index (χ3n) is 5.62. The molecule has 2 aliphatic heterocycles. The molecule has 1 atom stereocenters. The lowest BCUT2D eigenvalue weighted by Gasteiger charge is -2.29. The standard InChI is InChI=1S/C24H27N3OS2/c1-4-22-17(2)15-23(24(28)18(22)3)26(16-21-7-5-14-30(21)25)19-8-10-20(11-9-19)27-12-6-13-29-27/h5-11,13-15,25,28H,4,12,16H2,1-3H3. The van der Waals surface area contributed by atoms with Crippen LogP contribution in [0.5, 0.6) is 5.75 Å². The van der Waals surface area contributed by atoms with Crippen molar-refractivity contribution >= 4 is 39.7 Å². The van der Waals surface area contributed by atoms with Crippen LogP contribution in [0.3, 0.4) is 0 Å². The summed E-state index contributed by atoms with van der Waals surface area (Å²) in [4.78, 5) is 3.19. The van der Waals surface area contributed by atoms with Gasteiger partial charge in [0.2, 0.25) is 0 Å². The topological polar surface area (TPSA) is 50.6 Å². The zero-order chi connectivity index (χ0) is 21.3. The Kier molecular flexibility index (Phi) is 6.06. The van der Waals surface area contributed by atoms with Gasteiger partial charge in [-0.3, -0.25) is 4.78 Å². The molecule has 2 aromatic carbocycles. The second kappa shape index (κ2) is 8.74. The van der Waals surface area contributed by atoms with Crippen LogP contribution in [-0.2, 0) is 17.1 Å². The number of phenolic OH excluding ortho intramolecular Hbond substituents is 1. The first-order valence-corrected chi connectivity index (χ1v) is 12.2. The summed E-state index contributed by atoms with van der Waals surface area (Å²) >= 11 is 1.70. The normalized spacial score (nSPS) is 17.6. The second-order valence-electron chi connectivity index (χ2n) is 7.46. The van der Waals surface area contributed by atoms with Gasteiger partial charge in [-0.15, -0.1) is 0 Å². The van der Waals surface area contributed by atoms with Gasteiger partial charge in [0, 0.05) is 22.8 Å². The highest BCUT2D eigenvalue weighted by molar-refractivity contribution is 8.03. The van der Waals surface area contributed by atoms with E-state index in [1.165, 1.54) is 11.1 Å². The molecular formula is C24H27N3OS2. The predicted molar refractivity (Wildman–Crippen MR) is 132 cm³/mol. The van der Waals surface area contributed by atoms with Gasteiger partial charge in [0.1, 0.15) is 5.75 Å². The van der Waals surface area contributed by atoms with Crippen molar-refractivity contribution in [1.29, 1.82) is 4.78 Å². The molecular weight excluding hydrogens is 410 g/mol. The largest absolute Gasteiger partial charge is 0.505 e. The maximum Gasteiger partial charge on any atom is 0.142 e. The summed E-state index contributed by atoms with van der Waals surface area (Å²) in [5, 5.41) is 15.1. The summed E-state index contributed by atoms with van der Waals surface area (Å²) in [7, 11) is -0.621. The van der Waals surface area contributed by atoms with Crippen LogP contribution in [0.2, 0.25) is 0 Å². The SMILES string of the molecule is CCc1c(C)cc(N(CC2=CC=CS2=N)c2ccc(N3CC=CS3)cc2)c(O)c1C. The molecule has 2 N–H and O–H groups in total. The number of hydrogen-bond donors (Lipinski definition) is 2. The van der Waals surface area contributed by atoms with Crippen LogP contribution in [0.4, 0.5) is 17.1 Å². The van der Waals surface area contributed by atoms with Crippen molar-refractivity contribution in [2.24, 2.45) is 0 Å². The van der Waals surface area contributed by atoms with Gasteiger partial charge in [0.05, 0.1) is 12.2 Å². The molecule has 0 aromatic heterocycles. The van der Waals surface area contributed by atoms with Gasteiger partial charge >= 0.3 is 0 Å². The minimum atomic E-state index is -0.621. The third kappa shape index (κ3) is 3.94. The zero-order valence-corrected chi connectivity index (χ0v) is 19.2. The number of nitrogens with zero attached hydrogens (tertiary/aromatic N) is 2. The molecule has 0 amide bonds. The molecule has 4 rings (SSSR count). The molecule has 2 aliphatic rings. The van der Waals surface area contributed by atoms with Crippen molar-refractivity contribution in [3.8, 4) is 5.75 Å². The summed E-state index contributed by atoms with van der Waals surface area (Å²) in [5.74, 6) is 0.331. The molecule has 30 heavy (non-hydrogen) atoms. The summed E-state index contributed by atoms with van der Waals surface area (Å²) < 4.78 is 10.6.